The van der Waals surface area contributed by atoms with Crippen LogP contribution in [-0.2, 0) is 14.9 Å². The average molecular weight is 508 g/mol. The molecule has 0 bridgehead atoms. The topological polar surface area (TPSA) is 90.4 Å². The monoisotopic (exact) mass is 507 g/mol. The summed E-state index contributed by atoms with van der Waals surface area (Å²) in [6, 6.07) is 15.2. The zero-order chi connectivity index (χ0) is 26.6. The summed E-state index contributed by atoms with van der Waals surface area (Å²) in [5.41, 5.74) is 2.42. The Morgan fingerprint density at radius 1 is 0.946 bits per heavy atom. The molecule has 0 aromatic heterocycles. The number of hydrogen-bond donors (Lipinski definition) is 1. The van der Waals surface area contributed by atoms with Crippen molar-refractivity contribution in [3.8, 4) is 0 Å². The van der Waals surface area contributed by atoms with Gasteiger partial charge in [-0.25, -0.2) is 9.59 Å². The van der Waals surface area contributed by atoms with E-state index in [-0.39, 0.29) is 17.9 Å². The average Bonchev–Trinajstić information content (AvgIpc) is 3.41. The van der Waals surface area contributed by atoms with Crippen molar-refractivity contribution in [3.05, 3.63) is 65.2 Å². The van der Waals surface area contributed by atoms with Crippen molar-refractivity contribution in [1.82, 2.24) is 9.80 Å². The molecule has 2 amide bonds. The Kier molecular flexibility index (Phi) is 8.05. The van der Waals surface area contributed by atoms with Gasteiger partial charge in [0, 0.05) is 50.9 Å². The molecule has 8 nitrogen and oxygen atoms in total. The molecule has 37 heavy (non-hydrogen) atoms. The summed E-state index contributed by atoms with van der Waals surface area (Å²) < 4.78 is 5.24. The lowest BCUT2D eigenvalue weighted by Crippen LogP contribution is -2.49. The van der Waals surface area contributed by atoms with Crippen LogP contribution in [-0.4, -0.2) is 78.8 Å². The van der Waals surface area contributed by atoms with Gasteiger partial charge in [0.2, 0.25) is 5.91 Å². The van der Waals surface area contributed by atoms with Gasteiger partial charge in [-0.1, -0.05) is 37.3 Å². The third-order valence-electron chi connectivity index (χ3n) is 7.56. The minimum absolute atomic E-state index is 0.0207. The molecule has 1 unspecified atom stereocenters. The number of hydrogen-bond acceptors (Lipinski definition) is 5. The van der Waals surface area contributed by atoms with E-state index in [2.05, 4.69) is 4.90 Å². The molecular weight excluding hydrogens is 470 g/mol. The van der Waals surface area contributed by atoms with Gasteiger partial charge in [-0.2, -0.15) is 0 Å². The van der Waals surface area contributed by atoms with Crippen LogP contribution in [0.25, 0.3) is 0 Å². The Labute approximate surface area is 218 Å². The summed E-state index contributed by atoms with van der Waals surface area (Å²) in [5.74, 6) is -0.860. The molecule has 2 aromatic carbocycles. The standard InChI is InChI=1S/C29H37N3O5/c1-4-19-37-28(36)31-17-15-30(16-18-31)23-11-9-22(10-12-23)29(2,3)27(35)32-14-13-21(20-32)24-7-5-6-8-25(24)26(33)34/h5-12,21H,4,13-20H2,1-3H3,(H,33,34). The van der Waals surface area contributed by atoms with Gasteiger partial charge >= 0.3 is 12.1 Å². The van der Waals surface area contributed by atoms with Gasteiger partial charge in [-0.15, -0.1) is 0 Å². The van der Waals surface area contributed by atoms with E-state index in [0.717, 1.165) is 42.7 Å². The summed E-state index contributed by atoms with van der Waals surface area (Å²) >= 11 is 0. The molecule has 1 atom stereocenters. The third kappa shape index (κ3) is 5.73. The number of anilines is 1. The lowest BCUT2D eigenvalue weighted by molar-refractivity contribution is -0.135. The number of carbonyl (C=O) groups excluding carboxylic acids is 2. The second-order valence-electron chi connectivity index (χ2n) is 10.4. The zero-order valence-electron chi connectivity index (χ0n) is 22.0. The number of benzene rings is 2. The molecular formula is C29H37N3O5. The van der Waals surface area contributed by atoms with Crippen molar-refractivity contribution >= 4 is 23.7 Å². The molecule has 2 saturated heterocycles. The number of amides is 2. The summed E-state index contributed by atoms with van der Waals surface area (Å²) in [7, 11) is 0. The largest absolute Gasteiger partial charge is 0.478 e. The molecule has 0 aliphatic carbocycles. The first kappa shape index (κ1) is 26.5. The summed E-state index contributed by atoms with van der Waals surface area (Å²) in [5, 5.41) is 9.56. The third-order valence-corrected chi connectivity index (χ3v) is 7.56. The summed E-state index contributed by atoms with van der Waals surface area (Å²) in [6.45, 7) is 10.2. The number of nitrogens with zero attached hydrogens (tertiary/aromatic N) is 3. The van der Waals surface area contributed by atoms with Gasteiger partial charge in [0.15, 0.2) is 0 Å². The maximum absolute atomic E-state index is 13.6. The van der Waals surface area contributed by atoms with Crippen molar-refractivity contribution in [2.75, 3.05) is 50.8 Å². The van der Waals surface area contributed by atoms with E-state index in [0.29, 0.717) is 38.3 Å². The van der Waals surface area contributed by atoms with Crippen LogP contribution in [0.2, 0.25) is 0 Å². The fraction of sp³-hybridized carbons (Fsp3) is 0.483. The number of likely N-dealkylation sites (tertiary alicyclic amines) is 1. The van der Waals surface area contributed by atoms with Crippen LogP contribution in [0.4, 0.5) is 10.5 Å². The van der Waals surface area contributed by atoms with Gasteiger partial charge in [-0.3, -0.25) is 4.79 Å². The van der Waals surface area contributed by atoms with Crippen LogP contribution in [0.15, 0.2) is 48.5 Å². The van der Waals surface area contributed by atoms with Crippen molar-refractivity contribution in [2.24, 2.45) is 0 Å². The van der Waals surface area contributed by atoms with E-state index in [9.17, 15) is 19.5 Å². The fourth-order valence-corrected chi connectivity index (χ4v) is 5.28. The predicted octanol–water partition coefficient (Wildman–Crippen LogP) is 4.35. The maximum Gasteiger partial charge on any atom is 0.409 e. The highest BCUT2D eigenvalue weighted by atomic mass is 16.6. The summed E-state index contributed by atoms with van der Waals surface area (Å²) in [6.07, 6.45) is 1.32. The van der Waals surface area contributed by atoms with Crippen molar-refractivity contribution < 1.29 is 24.2 Å². The highest BCUT2D eigenvalue weighted by molar-refractivity contribution is 5.90. The lowest BCUT2D eigenvalue weighted by atomic mass is 9.83. The molecule has 8 heteroatoms. The van der Waals surface area contributed by atoms with Crippen LogP contribution in [0.1, 0.15) is 61.0 Å². The molecule has 1 N–H and O–H groups in total. The Hall–Kier alpha value is -3.55. The molecule has 0 saturated carbocycles. The number of rotatable bonds is 7. The smallest absolute Gasteiger partial charge is 0.409 e. The molecule has 0 spiro atoms. The number of ether oxygens (including phenoxy) is 1. The van der Waals surface area contributed by atoms with E-state index in [1.807, 2.05) is 62.1 Å². The van der Waals surface area contributed by atoms with Crippen LogP contribution in [0, 0.1) is 0 Å². The number of carboxylic acids is 1. The van der Waals surface area contributed by atoms with E-state index < -0.39 is 11.4 Å². The van der Waals surface area contributed by atoms with Gasteiger partial charge in [0.1, 0.15) is 0 Å². The minimum atomic E-state index is -0.932. The van der Waals surface area contributed by atoms with Gasteiger partial charge in [0.05, 0.1) is 17.6 Å². The predicted molar refractivity (Wildman–Crippen MR) is 142 cm³/mol. The van der Waals surface area contributed by atoms with Crippen LogP contribution < -0.4 is 4.90 Å². The van der Waals surface area contributed by atoms with E-state index >= 15 is 0 Å². The van der Waals surface area contributed by atoms with Crippen LogP contribution in [0.5, 0.6) is 0 Å². The molecule has 2 aromatic rings. The van der Waals surface area contributed by atoms with Crippen molar-refractivity contribution in [2.45, 2.75) is 44.9 Å². The molecule has 2 heterocycles. The van der Waals surface area contributed by atoms with Gasteiger partial charge in [0.25, 0.3) is 0 Å². The van der Waals surface area contributed by atoms with E-state index in [1.165, 1.54) is 0 Å². The molecule has 2 aliphatic rings. The normalized spacial score (nSPS) is 18.1. The van der Waals surface area contributed by atoms with Gasteiger partial charge < -0.3 is 24.5 Å². The van der Waals surface area contributed by atoms with E-state index in [4.69, 9.17) is 4.74 Å². The molecule has 0 radical (unpaired) electrons. The van der Waals surface area contributed by atoms with Crippen molar-refractivity contribution in [1.29, 1.82) is 0 Å². The highest BCUT2D eigenvalue weighted by Crippen LogP contribution is 2.34. The Morgan fingerprint density at radius 2 is 1.62 bits per heavy atom. The van der Waals surface area contributed by atoms with Crippen LogP contribution in [0.3, 0.4) is 0 Å². The number of piperazine rings is 1. The maximum atomic E-state index is 13.6. The minimum Gasteiger partial charge on any atom is -0.478 e. The lowest BCUT2D eigenvalue weighted by Gasteiger charge is -2.36. The van der Waals surface area contributed by atoms with Crippen molar-refractivity contribution in [3.63, 3.8) is 0 Å². The number of aromatic carboxylic acids is 1. The Bertz CT molecular complexity index is 1120. The van der Waals surface area contributed by atoms with Gasteiger partial charge in [-0.05, 0) is 56.0 Å². The SMILES string of the molecule is CCCOC(=O)N1CCN(c2ccc(C(C)(C)C(=O)N3CCC(c4ccccc4C(=O)O)C3)cc2)CC1. The van der Waals surface area contributed by atoms with E-state index in [1.54, 1.807) is 17.0 Å². The first-order chi connectivity index (χ1) is 17.7. The second kappa shape index (κ2) is 11.2. The molecule has 2 fully saturated rings. The van der Waals surface area contributed by atoms with Crippen LogP contribution >= 0.6 is 0 Å². The number of carboxylic acid groups (broad SMARTS) is 1. The molecule has 4 rings (SSSR count). The first-order valence-corrected chi connectivity index (χ1v) is 13.1. The summed E-state index contributed by atoms with van der Waals surface area (Å²) in [4.78, 5) is 43.2. The zero-order valence-corrected chi connectivity index (χ0v) is 22.0. The quantitative estimate of drug-likeness (QED) is 0.599. The fourth-order valence-electron chi connectivity index (χ4n) is 5.28. The Balaban J connectivity index is 1.37. The molecule has 2 aliphatic heterocycles. The second-order valence-corrected chi connectivity index (χ2v) is 10.4. The highest BCUT2D eigenvalue weighted by Gasteiger charge is 2.38. The Morgan fingerprint density at radius 3 is 2.27 bits per heavy atom. The molecule has 198 valence electrons. The number of carbonyl (C=O) groups is 3. The first-order valence-electron chi connectivity index (χ1n) is 13.1.